The van der Waals surface area contributed by atoms with Gasteiger partial charge in [0.05, 0.1) is 6.04 Å². The third kappa shape index (κ3) is 4.55. The molecule has 0 bridgehead atoms. The van der Waals surface area contributed by atoms with Crippen LogP contribution in [0.15, 0.2) is 30.3 Å². The van der Waals surface area contributed by atoms with E-state index in [0.717, 1.165) is 32.5 Å². The third-order valence-electron chi connectivity index (χ3n) is 4.12. The smallest absolute Gasteiger partial charge is 0.239 e. The van der Waals surface area contributed by atoms with Crippen LogP contribution in [0, 0.1) is 0 Å². The predicted molar refractivity (Wildman–Crippen MR) is 85.8 cm³/mol. The lowest BCUT2D eigenvalue weighted by Crippen LogP contribution is -2.53. The molecule has 0 radical (unpaired) electrons. The van der Waals surface area contributed by atoms with Gasteiger partial charge in [-0.3, -0.25) is 4.79 Å². The zero-order valence-corrected chi connectivity index (χ0v) is 13.2. The Morgan fingerprint density at radius 3 is 2.76 bits per heavy atom. The highest BCUT2D eigenvalue weighted by atomic mass is 16.2. The van der Waals surface area contributed by atoms with Crippen molar-refractivity contribution >= 4 is 5.91 Å². The largest absolute Gasteiger partial charge is 0.337 e. The minimum atomic E-state index is -0.398. The molecule has 21 heavy (non-hydrogen) atoms. The number of hydrogen-bond donors (Lipinski definition) is 1. The zero-order valence-electron chi connectivity index (χ0n) is 13.2. The Balaban J connectivity index is 1.94. The van der Waals surface area contributed by atoms with Crippen molar-refractivity contribution in [2.24, 2.45) is 5.73 Å². The topological polar surface area (TPSA) is 49.6 Å². The number of hydrogen-bond acceptors (Lipinski definition) is 3. The monoisotopic (exact) mass is 289 g/mol. The number of benzene rings is 1. The Hall–Kier alpha value is -1.39. The summed E-state index contributed by atoms with van der Waals surface area (Å²) >= 11 is 0. The van der Waals surface area contributed by atoms with Crippen molar-refractivity contribution in [1.82, 2.24) is 9.80 Å². The molecule has 1 aliphatic rings. The Bertz CT molecular complexity index is 447. The first-order valence-electron chi connectivity index (χ1n) is 7.86. The third-order valence-corrected chi connectivity index (χ3v) is 4.12. The summed E-state index contributed by atoms with van der Waals surface area (Å²) in [5.74, 6) is 0.0906. The maximum Gasteiger partial charge on any atom is 0.239 e. The summed E-state index contributed by atoms with van der Waals surface area (Å²) < 4.78 is 0. The summed E-state index contributed by atoms with van der Waals surface area (Å²) in [6.45, 7) is 4.46. The second-order valence-electron chi connectivity index (χ2n) is 6.15. The fourth-order valence-corrected chi connectivity index (χ4v) is 3.06. The van der Waals surface area contributed by atoms with Gasteiger partial charge in [-0.2, -0.15) is 0 Å². The molecule has 1 aliphatic heterocycles. The van der Waals surface area contributed by atoms with Gasteiger partial charge in [-0.05, 0) is 38.8 Å². The summed E-state index contributed by atoms with van der Waals surface area (Å²) in [5.41, 5.74) is 7.08. The average molecular weight is 289 g/mol. The molecule has 0 spiro atoms. The van der Waals surface area contributed by atoms with E-state index in [1.807, 2.05) is 11.0 Å². The molecule has 2 rings (SSSR count). The van der Waals surface area contributed by atoms with E-state index < -0.39 is 6.04 Å². The number of likely N-dealkylation sites (tertiary alicyclic amines) is 1. The number of piperidine rings is 1. The molecule has 116 valence electrons. The lowest BCUT2D eigenvalue weighted by Gasteiger charge is -2.38. The lowest BCUT2D eigenvalue weighted by atomic mass is 10.0. The molecule has 2 N–H and O–H groups in total. The van der Waals surface area contributed by atoms with Gasteiger partial charge in [-0.15, -0.1) is 0 Å². The van der Waals surface area contributed by atoms with Crippen LogP contribution in [0.25, 0.3) is 0 Å². The van der Waals surface area contributed by atoms with E-state index in [-0.39, 0.29) is 5.91 Å². The van der Waals surface area contributed by atoms with E-state index in [1.165, 1.54) is 12.0 Å². The standard InChI is InChI=1S/C17H27N3O/c1-14(18)17(21)20-11-7-6-10-16(20)13-19(2)12-15-8-4-3-5-9-15/h3-5,8-9,14,16H,6-7,10-13,18H2,1-2H3/t14-,16-/m0/s1. The van der Waals surface area contributed by atoms with Gasteiger partial charge in [0.15, 0.2) is 0 Å². The molecule has 2 atom stereocenters. The summed E-state index contributed by atoms with van der Waals surface area (Å²) in [5, 5.41) is 0. The predicted octanol–water partition coefficient (Wildman–Crippen LogP) is 1.85. The average Bonchev–Trinajstić information content (AvgIpc) is 2.48. The van der Waals surface area contributed by atoms with Gasteiger partial charge in [0.25, 0.3) is 0 Å². The van der Waals surface area contributed by atoms with Crippen LogP contribution >= 0.6 is 0 Å². The van der Waals surface area contributed by atoms with E-state index in [2.05, 4.69) is 36.2 Å². The van der Waals surface area contributed by atoms with Crippen molar-refractivity contribution in [1.29, 1.82) is 0 Å². The second kappa shape index (κ2) is 7.57. The number of nitrogens with two attached hydrogens (primary N) is 1. The molecule has 1 heterocycles. The summed E-state index contributed by atoms with van der Waals surface area (Å²) in [6.07, 6.45) is 3.38. The first-order chi connectivity index (χ1) is 10.1. The maximum absolute atomic E-state index is 12.2. The number of likely N-dealkylation sites (N-methyl/N-ethyl adjacent to an activating group) is 1. The number of carbonyl (C=O) groups is 1. The van der Waals surface area contributed by atoms with Gasteiger partial charge >= 0.3 is 0 Å². The number of rotatable bonds is 5. The van der Waals surface area contributed by atoms with Crippen molar-refractivity contribution in [3.05, 3.63) is 35.9 Å². The van der Waals surface area contributed by atoms with E-state index in [1.54, 1.807) is 6.92 Å². The molecule has 1 saturated heterocycles. The maximum atomic E-state index is 12.2. The Morgan fingerprint density at radius 2 is 2.10 bits per heavy atom. The summed E-state index contributed by atoms with van der Waals surface area (Å²) in [6, 6.07) is 10.3. The van der Waals surface area contributed by atoms with E-state index in [0.29, 0.717) is 6.04 Å². The molecule has 0 aliphatic carbocycles. The van der Waals surface area contributed by atoms with Gasteiger partial charge in [0.2, 0.25) is 5.91 Å². The summed E-state index contributed by atoms with van der Waals surface area (Å²) in [4.78, 5) is 16.5. The highest BCUT2D eigenvalue weighted by Gasteiger charge is 2.28. The fraction of sp³-hybridized carbons (Fsp3) is 0.588. The van der Waals surface area contributed by atoms with Crippen LogP contribution in [-0.4, -0.2) is 47.9 Å². The first-order valence-corrected chi connectivity index (χ1v) is 7.86. The van der Waals surface area contributed by atoms with Crippen molar-refractivity contribution in [3.63, 3.8) is 0 Å². The van der Waals surface area contributed by atoms with Crippen LogP contribution in [0.2, 0.25) is 0 Å². The highest BCUT2D eigenvalue weighted by Crippen LogP contribution is 2.19. The molecule has 1 aromatic rings. The van der Waals surface area contributed by atoms with Gasteiger partial charge in [-0.1, -0.05) is 30.3 Å². The number of carbonyl (C=O) groups excluding carboxylic acids is 1. The molecule has 1 aromatic carbocycles. The van der Waals surface area contributed by atoms with E-state index in [4.69, 9.17) is 5.73 Å². The van der Waals surface area contributed by atoms with Crippen molar-refractivity contribution in [3.8, 4) is 0 Å². The molecule has 0 aromatic heterocycles. The summed E-state index contributed by atoms with van der Waals surface area (Å²) in [7, 11) is 2.12. The molecule has 1 amide bonds. The first kappa shape index (κ1) is 16.0. The van der Waals surface area contributed by atoms with Crippen LogP contribution in [0.3, 0.4) is 0 Å². The number of amides is 1. The number of nitrogens with zero attached hydrogens (tertiary/aromatic N) is 2. The SMILES string of the molecule is C[C@H](N)C(=O)N1CCCC[C@H]1CN(C)Cc1ccccc1. The Morgan fingerprint density at radius 1 is 1.38 bits per heavy atom. The normalized spacial score (nSPS) is 20.6. The quantitative estimate of drug-likeness (QED) is 0.900. The van der Waals surface area contributed by atoms with Gasteiger partial charge < -0.3 is 15.5 Å². The molecule has 0 saturated carbocycles. The lowest BCUT2D eigenvalue weighted by molar-refractivity contribution is -0.136. The molecule has 1 fully saturated rings. The molecule has 4 heteroatoms. The second-order valence-corrected chi connectivity index (χ2v) is 6.15. The molecule has 0 unspecified atom stereocenters. The van der Waals surface area contributed by atoms with Crippen LogP contribution in [0.4, 0.5) is 0 Å². The van der Waals surface area contributed by atoms with Crippen molar-refractivity contribution < 1.29 is 4.79 Å². The van der Waals surface area contributed by atoms with E-state index in [9.17, 15) is 4.79 Å². The van der Waals surface area contributed by atoms with Crippen molar-refractivity contribution in [2.75, 3.05) is 20.1 Å². The zero-order chi connectivity index (χ0) is 15.2. The highest BCUT2D eigenvalue weighted by molar-refractivity contribution is 5.81. The van der Waals surface area contributed by atoms with Crippen LogP contribution in [0.1, 0.15) is 31.7 Å². The Labute approximate surface area is 127 Å². The van der Waals surface area contributed by atoms with Crippen molar-refractivity contribution in [2.45, 2.75) is 44.8 Å². The van der Waals surface area contributed by atoms with Gasteiger partial charge in [0, 0.05) is 25.7 Å². The Kier molecular flexibility index (Phi) is 5.76. The van der Waals surface area contributed by atoms with Crippen LogP contribution in [-0.2, 0) is 11.3 Å². The van der Waals surface area contributed by atoms with E-state index >= 15 is 0 Å². The van der Waals surface area contributed by atoms with Crippen LogP contribution in [0.5, 0.6) is 0 Å². The molecule has 4 nitrogen and oxygen atoms in total. The minimum Gasteiger partial charge on any atom is -0.337 e. The van der Waals surface area contributed by atoms with Gasteiger partial charge in [0.1, 0.15) is 0 Å². The molecular formula is C17H27N3O. The fourth-order valence-electron chi connectivity index (χ4n) is 3.06. The molecular weight excluding hydrogens is 262 g/mol. The van der Waals surface area contributed by atoms with Gasteiger partial charge in [-0.25, -0.2) is 0 Å². The minimum absolute atomic E-state index is 0.0906. The van der Waals surface area contributed by atoms with Crippen LogP contribution < -0.4 is 5.73 Å².